The van der Waals surface area contributed by atoms with Crippen LogP contribution < -0.4 is 11.5 Å². The zero-order valence-electron chi connectivity index (χ0n) is 2.47. The predicted octanol–water partition coefficient (Wildman–Crippen LogP) is -0.163. The summed E-state index contributed by atoms with van der Waals surface area (Å²) in [6, 6.07) is 0. The van der Waals surface area contributed by atoms with Gasteiger partial charge in [-0.1, -0.05) is 0 Å². The van der Waals surface area contributed by atoms with Crippen LogP contribution in [0.2, 0.25) is 0 Å². The fourth-order valence-corrected chi connectivity index (χ4v) is 0. The molecule has 0 bridgehead atoms. The van der Waals surface area contributed by atoms with Gasteiger partial charge in [-0.15, -0.1) is 0 Å². The molecule has 2 radical (unpaired) electrons. The number of rotatable bonds is 0. The summed E-state index contributed by atoms with van der Waals surface area (Å²) in [5.41, 5.74) is 9.24. The van der Waals surface area contributed by atoms with Gasteiger partial charge in [-0.3, -0.25) is 0 Å². The second-order valence-corrected chi connectivity index (χ2v) is 0.874. The molecule has 0 amide bonds. The molecule has 0 heterocycles. The van der Waals surface area contributed by atoms with Crippen LogP contribution in [0.4, 0.5) is 0 Å². The molecule has 0 aromatic heterocycles. The molecule has 0 aliphatic rings. The van der Waals surface area contributed by atoms with E-state index in [9.17, 15) is 0 Å². The fourth-order valence-electron chi connectivity index (χ4n) is 0. The number of thiocarbonyl (C=S) groups is 1. The SMILES string of the molecule is NC(N)=S.[S]. The Labute approximate surface area is 43.0 Å². The highest BCUT2D eigenvalue weighted by Crippen LogP contribution is 1.32. The van der Waals surface area contributed by atoms with E-state index in [4.69, 9.17) is 0 Å². The maximum atomic E-state index is 4.62. The molecule has 4 N–H and O–H groups in total. The third-order valence-corrected chi connectivity index (χ3v) is 0. The monoisotopic (exact) mass is 108 g/mol. The van der Waals surface area contributed by atoms with E-state index < -0.39 is 0 Å². The third-order valence-electron chi connectivity index (χ3n) is 0. The molecule has 5 heavy (non-hydrogen) atoms. The lowest BCUT2D eigenvalue weighted by Crippen LogP contribution is -2.18. The van der Waals surface area contributed by atoms with Gasteiger partial charge in [-0.25, -0.2) is 0 Å². The minimum atomic E-state index is 0. The number of hydrogen-bond acceptors (Lipinski definition) is 1. The zero-order chi connectivity index (χ0) is 3.58. The smallest absolute Gasteiger partial charge is 0.160 e. The average Bonchev–Trinajstić information content (AvgIpc) is 0.811. The third kappa shape index (κ3) is 10500. The van der Waals surface area contributed by atoms with Crippen LogP contribution in [0.15, 0.2) is 0 Å². The van der Waals surface area contributed by atoms with Gasteiger partial charge in [-0.2, -0.15) is 0 Å². The Morgan fingerprint density at radius 1 is 1.40 bits per heavy atom. The van der Waals surface area contributed by atoms with Crippen molar-refractivity contribution in [1.29, 1.82) is 0 Å². The Hall–Kier alpha value is 0.0400. The van der Waals surface area contributed by atoms with Gasteiger partial charge in [-0.05, 0) is 12.2 Å². The van der Waals surface area contributed by atoms with E-state index in [0.717, 1.165) is 0 Å². The highest BCUT2D eigenvalue weighted by atomic mass is 32.1. The van der Waals surface area contributed by atoms with Gasteiger partial charge in [0.15, 0.2) is 5.11 Å². The van der Waals surface area contributed by atoms with Crippen LogP contribution in [0.5, 0.6) is 0 Å². The van der Waals surface area contributed by atoms with Crippen LogP contribution in [0.25, 0.3) is 0 Å². The summed E-state index contributed by atoms with van der Waals surface area (Å²) in [4.78, 5) is 0. The van der Waals surface area contributed by atoms with E-state index in [1.807, 2.05) is 0 Å². The molecule has 30 valence electrons. The average molecular weight is 108 g/mol. The lowest BCUT2D eigenvalue weighted by molar-refractivity contribution is 1.65. The van der Waals surface area contributed by atoms with Gasteiger partial charge in [0, 0.05) is 13.5 Å². The second-order valence-electron chi connectivity index (χ2n) is 0.402. The first kappa shape index (κ1) is 8.90. The highest BCUT2D eigenvalue weighted by Gasteiger charge is 1.53. The molecule has 0 saturated heterocycles. The van der Waals surface area contributed by atoms with Gasteiger partial charge in [0.25, 0.3) is 0 Å². The lowest BCUT2D eigenvalue weighted by Gasteiger charge is -1.68. The molecule has 0 aliphatic heterocycles. The van der Waals surface area contributed by atoms with Crippen molar-refractivity contribution < 1.29 is 0 Å². The number of hydrogen-bond donors (Lipinski definition) is 2. The second kappa shape index (κ2) is 4.04. The standard InChI is InChI=1S/CH4N2S.S/c2-1(3)4;/h(H4,2,3,4);. The molecule has 0 rings (SSSR count). The number of nitrogens with two attached hydrogens (primary N) is 2. The first-order chi connectivity index (χ1) is 1.73. The Kier molecular flexibility index (Phi) is 7.19. The van der Waals surface area contributed by atoms with Gasteiger partial charge in [0.2, 0.25) is 0 Å². The summed E-state index contributed by atoms with van der Waals surface area (Å²) in [5.74, 6) is 0. The fraction of sp³-hybridized carbons (Fsp3) is 0. The molecule has 0 saturated carbocycles. The minimum Gasteiger partial charge on any atom is -0.377 e. The van der Waals surface area contributed by atoms with Crippen molar-refractivity contribution in [3.63, 3.8) is 0 Å². The minimum absolute atomic E-state index is 0. The highest BCUT2D eigenvalue weighted by molar-refractivity contribution is 7.80. The van der Waals surface area contributed by atoms with E-state index in [1.54, 1.807) is 0 Å². The van der Waals surface area contributed by atoms with Crippen molar-refractivity contribution in [1.82, 2.24) is 0 Å². The molecular formula is CH4N2S2. The predicted molar refractivity (Wildman–Crippen MR) is 28.6 cm³/mol. The molecule has 0 spiro atoms. The Morgan fingerprint density at radius 2 is 1.40 bits per heavy atom. The van der Waals surface area contributed by atoms with E-state index >= 15 is 0 Å². The molecule has 0 fully saturated rings. The lowest BCUT2D eigenvalue weighted by atomic mass is 11.3. The maximum Gasteiger partial charge on any atom is 0.160 e. The van der Waals surface area contributed by atoms with Crippen LogP contribution in [0, 0.1) is 0 Å². The molecular weight excluding hydrogens is 104 g/mol. The molecule has 0 aliphatic carbocycles. The normalized spacial score (nSPS) is 4.80. The summed E-state index contributed by atoms with van der Waals surface area (Å²) in [6.07, 6.45) is 0. The van der Waals surface area contributed by atoms with Gasteiger partial charge in [0.05, 0.1) is 0 Å². The van der Waals surface area contributed by atoms with E-state index in [0.29, 0.717) is 0 Å². The molecule has 0 aromatic rings. The summed E-state index contributed by atoms with van der Waals surface area (Å²) in [6.45, 7) is 0. The van der Waals surface area contributed by atoms with Gasteiger partial charge < -0.3 is 11.5 Å². The Balaban J connectivity index is 0. The summed E-state index contributed by atoms with van der Waals surface area (Å²) in [5, 5.41) is 0.000000000000000222. The molecule has 0 unspecified atom stereocenters. The summed E-state index contributed by atoms with van der Waals surface area (Å²) in [7, 11) is 0. The molecule has 4 heteroatoms. The summed E-state index contributed by atoms with van der Waals surface area (Å²) >= 11 is 4.09. The largest absolute Gasteiger partial charge is 0.377 e. The van der Waals surface area contributed by atoms with Crippen LogP contribution in [-0.2, 0) is 0 Å². The molecule has 0 atom stereocenters. The van der Waals surface area contributed by atoms with Crippen molar-refractivity contribution in [2.75, 3.05) is 0 Å². The topological polar surface area (TPSA) is 52.0 Å². The van der Waals surface area contributed by atoms with Crippen molar-refractivity contribution in [3.05, 3.63) is 0 Å². The van der Waals surface area contributed by atoms with Gasteiger partial charge >= 0.3 is 0 Å². The van der Waals surface area contributed by atoms with E-state index in [2.05, 4.69) is 23.7 Å². The van der Waals surface area contributed by atoms with Crippen molar-refractivity contribution in [3.8, 4) is 0 Å². The van der Waals surface area contributed by atoms with Gasteiger partial charge in [0.1, 0.15) is 0 Å². The van der Waals surface area contributed by atoms with Crippen LogP contribution in [0.1, 0.15) is 0 Å². The first-order valence-electron chi connectivity index (χ1n) is 0.781. The Morgan fingerprint density at radius 3 is 1.40 bits per heavy atom. The maximum absolute atomic E-state index is 4.62. The van der Waals surface area contributed by atoms with Crippen molar-refractivity contribution in [2.45, 2.75) is 0 Å². The summed E-state index contributed by atoms with van der Waals surface area (Å²) < 4.78 is 0. The van der Waals surface area contributed by atoms with E-state index in [-0.39, 0.29) is 18.6 Å². The zero-order valence-corrected chi connectivity index (χ0v) is 4.10. The van der Waals surface area contributed by atoms with E-state index in [1.165, 1.54) is 0 Å². The Bertz CT molecular complexity index is 30.6. The van der Waals surface area contributed by atoms with Crippen molar-refractivity contribution in [2.24, 2.45) is 11.5 Å². The first-order valence-corrected chi connectivity index (χ1v) is 1.19. The van der Waals surface area contributed by atoms with Crippen molar-refractivity contribution >= 4 is 30.8 Å². The van der Waals surface area contributed by atoms with Crippen LogP contribution in [0.3, 0.4) is 0 Å². The van der Waals surface area contributed by atoms with Crippen LogP contribution >= 0.6 is 25.7 Å². The quantitative estimate of drug-likeness (QED) is 0.424. The molecule has 2 nitrogen and oxygen atoms in total. The van der Waals surface area contributed by atoms with Crippen LogP contribution in [-0.4, -0.2) is 5.11 Å². The molecule has 0 aromatic carbocycles.